The summed E-state index contributed by atoms with van der Waals surface area (Å²) in [6, 6.07) is 5.34. The van der Waals surface area contributed by atoms with Crippen LogP contribution in [-0.4, -0.2) is 24.0 Å². The third-order valence-electron chi connectivity index (χ3n) is 4.98. The highest BCUT2D eigenvalue weighted by Crippen LogP contribution is 2.39. The minimum Gasteiger partial charge on any atom is -0.396 e. The molecule has 1 fully saturated rings. The number of aliphatic hydroxyl groups excluding tert-OH is 1. The molecule has 1 atom stereocenters. The quantitative estimate of drug-likeness (QED) is 0.885. The summed E-state index contributed by atoms with van der Waals surface area (Å²) in [5, 5.41) is 13.4. The van der Waals surface area contributed by atoms with E-state index >= 15 is 0 Å². The monoisotopic (exact) mass is 309 g/mol. The summed E-state index contributed by atoms with van der Waals surface area (Å²) in [5.41, 5.74) is 1.13. The molecule has 1 aliphatic carbocycles. The third kappa shape index (κ3) is 3.43. The highest BCUT2D eigenvalue weighted by atomic mass is 32.2. The van der Waals surface area contributed by atoms with Gasteiger partial charge in [-0.1, -0.05) is 19.3 Å². The van der Waals surface area contributed by atoms with Gasteiger partial charge in [-0.15, -0.1) is 11.8 Å². The van der Waals surface area contributed by atoms with Crippen molar-refractivity contribution in [1.29, 1.82) is 0 Å². The zero-order valence-corrected chi connectivity index (χ0v) is 13.2. The molecule has 2 aliphatic rings. The van der Waals surface area contributed by atoms with E-state index in [1.165, 1.54) is 24.2 Å². The van der Waals surface area contributed by atoms with E-state index in [4.69, 9.17) is 0 Å². The lowest BCUT2D eigenvalue weighted by Crippen LogP contribution is -2.41. The lowest BCUT2D eigenvalue weighted by molar-refractivity contribution is 0.0779. The minimum atomic E-state index is -0.155. The van der Waals surface area contributed by atoms with Crippen molar-refractivity contribution in [2.45, 2.75) is 49.5 Å². The first-order valence-corrected chi connectivity index (χ1v) is 8.98. The molecule has 2 nitrogen and oxygen atoms in total. The first-order valence-electron chi connectivity index (χ1n) is 7.99. The SMILES string of the molecule is OCC1(CNC2CCSc3ccc(F)cc32)CCCCC1. The molecule has 1 aliphatic heterocycles. The Morgan fingerprint density at radius 3 is 2.86 bits per heavy atom. The number of hydrogen-bond acceptors (Lipinski definition) is 3. The maximum atomic E-state index is 13.5. The summed E-state index contributed by atoms with van der Waals surface area (Å²) in [6.45, 7) is 1.10. The first kappa shape index (κ1) is 15.3. The van der Waals surface area contributed by atoms with Crippen molar-refractivity contribution in [1.82, 2.24) is 5.32 Å². The van der Waals surface area contributed by atoms with Crippen molar-refractivity contribution >= 4 is 11.8 Å². The van der Waals surface area contributed by atoms with Gasteiger partial charge in [0.2, 0.25) is 0 Å². The number of benzene rings is 1. The number of rotatable bonds is 4. The molecule has 0 radical (unpaired) electrons. The molecule has 116 valence electrons. The molecule has 0 amide bonds. The average Bonchev–Trinajstić information content (AvgIpc) is 2.54. The van der Waals surface area contributed by atoms with Gasteiger partial charge in [0.05, 0.1) is 0 Å². The Kier molecular flexibility index (Phi) is 4.87. The molecule has 1 aromatic rings. The topological polar surface area (TPSA) is 32.3 Å². The van der Waals surface area contributed by atoms with Gasteiger partial charge in [-0.2, -0.15) is 0 Å². The smallest absolute Gasteiger partial charge is 0.123 e. The van der Waals surface area contributed by atoms with E-state index in [1.807, 2.05) is 17.8 Å². The van der Waals surface area contributed by atoms with E-state index < -0.39 is 0 Å². The summed E-state index contributed by atoms with van der Waals surface area (Å²) in [4.78, 5) is 1.20. The van der Waals surface area contributed by atoms with Crippen molar-refractivity contribution in [3.05, 3.63) is 29.6 Å². The summed E-state index contributed by atoms with van der Waals surface area (Å²) in [7, 11) is 0. The maximum Gasteiger partial charge on any atom is 0.123 e. The second-order valence-corrected chi connectivity index (χ2v) is 7.61. The summed E-state index contributed by atoms with van der Waals surface area (Å²) in [6.07, 6.45) is 6.96. The fraction of sp³-hybridized carbons (Fsp3) is 0.647. The van der Waals surface area contributed by atoms with Gasteiger partial charge >= 0.3 is 0 Å². The van der Waals surface area contributed by atoms with Gasteiger partial charge in [-0.25, -0.2) is 4.39 Å². The first-order chi connectivity index (χ1) is 10.2. The predicted molar refractivity (Wildman–Crippen MR) is 85.1 cm³/mol. The number of hydrogen-bond donors (Lipinski definition) is 2. The molecule has 1 aromatic carbocycles. The van der Waals surface area contributed by atoms with Gasteiger partial charge in [0.25, 0.3) is 0 Å². The van der Waals surface area contributed by atoms with Crippen LogP contribution < -0.4 is 5.32 Å². The molecule has 21 heavy (non-hydrogen) atoms. The molecule has 1 saturated carbocycles. The zero-order valence-electron chi connectivity index (χ0n) is 12.4. The highest BCUT2D eigenvalue weighted by Gasteiger charge is 2.32. The van der Waals surface area contributed by atoms with E-state index in [1.54, 1.807) is 12.1 Å². The van der Waals surface area contributed by atoms with Gasteiger partial charge in [-0.3, -0.25) is 0 Å². The van der Waals surface area contributed by atoms with E-state index in [-0.39, 0.29) is 23.9 Å². The molecule has 1 unspecified atom stereocenters. The standard InChI is InChI=1S/C17H24FNOS/c18-13-4-5-16-14(10-13)15(6-9-21-16)19-11-17(12-20)7-2-1-3-8-17/h4-5,10,15,19-20H,1-3,6-9,11-12H2. The van der Waals surface area contributed by atoms with E-state index in [0.29, 0.717) is 0 Å². The molecule has 0 saturated heterocycles. The summed E-state index contributed by atoms with van der Waals surface area (Å²) in [5.74, 6) is 0.917. The van der Waals surface area contributed by atoms with Gasteiger partial charge < -0.3 is 10.4 Å². The molecule has 3 rings (SSSR count). The van der Waals surface area contributed by atoms with Gasteiger partial charge in [-0.05, 0) is 48.8 Å². The number of fused-ring (bicyclic) bond motifs is 1. The normalized spacial score (nSPS) is 24.6. The van der Waals surface area contributed by atoms with Crippen LogP contribution in [0.4, 0.5) is 4.39 Å². The Morgan fingerprint density at radius 1 is 1.29 bits per heavy atom. The van der Waals surface area contributed by atoms with E-state index in [0.717, 1.165) is 37.1 Å². The molecule has 4 heteroatoms. The van der Waals surface area contributed by atoms with E-state index in [2.05, 4.69) is 5.32 Å². The average molecular weight is 309 g/mol. The fourth-order valence-corrected chi connectivity index (χ4v) is 4.72. The molecular formula is C17H24FNOS. The van der Waals surface area contributed by atoms with Crippen molar-refractivity contribution in [3.8, 4) is 0 Å². The highest BCUT2D eigenvalue weighted by molar-refractivity contribution is 7.99. The summed E-state index contributed by atoms with van der Waals surface area (Å²) < 4.78 is 13.5. The minimum absolute atomic E-state index is 0.0380. The van der Waals surface area contributed by atoms with Crippen molar-refractivity contribution in [3.63, 3.8) is 0 Å². The number of aliphatic hydroxyl groups is 1. The number of thioether (sulfide) groups is 1. The molecule has 0 spiro atoms. The Morgan fingerprint density at radius 2 is 2.10 bits per heavy atom. The molecular weight excluding hydrogens is 285 g/mol. The zero-order chi connectivity index (χ0) is 14.7. The molecule has 2 N–H and O–H groups in total. The van der Waals surface area contributed by atoms with Crippen LogP contribution in [0.5, 0.6) is 0 Å². The largest absolute Gasteiger partial charge is 0.396 e. The van der Waals surface area contributed by atoms with Crippen LogP contribution in [0.15, 0.2) is 23.1 Å². The lowest BCUT2D eigenvalue weighted by Gasteiger charge is -2.38. The second-order valence-electron chi connectivity index (χ2n) is 6.47. The van der Waals surface area contributed by atoms with Crippen LogP contribution >= 0.6 is 11.8 Å². The van der Waals surface area contributed by atoms with Crippen LogP contribution in [0.2, 0.25) is 0 Å². The Bertz CT molecular complexity index is 488. The van der Waals surface area contributed by atoms with E-state index in [9.17, 15) is 9.50 Å². The molecule has 0 aromatic heterocycles. The summed E-state index contributed by atoms with van der Waals surface area (Å²) >= 11 is 1.81. The van der Waals surface area contributed by atoms with Crippen molar-refractivity contribution in [2.24, 2.45) is 5.41 Å². The second kappa shape index (κ2) is 6.67. The van der Waals surface area contributed by atoms with Crippen LogP contribution in [0, 0.1) is 11.2 Å². The number of halogens is 1. The van der Waals surface area contributed by atoms with Crippen LogP contribution in [0.3, 0.4) is 0 Å². The van der Waals surface area contributed by atoms with Crippen molar-refractivity contribution < 1.29 is 9.50 Å². The molecule has 1 heterocycles. The Labute approximate surface area is 130 Å². The molecule has 0 bridgehead atoms. The predicted octanol–water partition coefficient (Wildman–Crippen LogP) is 3.90. The van der Waals surface area contributed by atoms with Crippen LogP contribution in [0.25, 0.3) is 0 Å². The third-order valence-corrected chi connectivity index (χ3v) is 6.11. The Balaban J connectivity index is 1.70. The van der Waals surface area contributed by atoms with Crippen molar-refractivity contribution in [2.75, 3.05) is 18.9 Å². The number of nitrogens with one attached hydrogen (secondary N) is 1. The van der Waals surface area contributed by atoms with Crippen LogP contribution in [0.1, 0.15) is 50.1 Å². The van der Waals surface area contributed by atoms with Crippen LogP contribution in [-0.2, 0) is 0 Å². The van der Waals surface area contributed by atoms with Gasteiger partial charge in [0.15, 0.2) is 0 Å². The Hall–Kier alpha value is -0.580. The maximum absolute atomic E-state index is 13.5. The fourth-order valence-electron chi connectivity index (χ4n) is 3.61. The van der Waals surface area contributed by atoms with Gasteiger partial charge in [0.1, 0.15) is 5.82 Å². The van der Waals surface area contributed by atoms with Gasteiger partial charge in [0, 0.05) is 29.5 Å². The lowest BCUT2D eigenvalue weighted by atomic mass is 9.74.